The molecule has 0 radical (unpaired) electrons. The van der Waals surface area contributed by atoms with Gasteiger partial charge in [0.25, 0.3) is 5.91 Å². The first-order valence-electron chi connectivity index (χ1n) is 9.93. The summed E-state index contributed by atoms with van der Waals surface area (Å²) >= 11 is 0. The number of aromatic amines is 1. The summed E-state index contributed by atoms with van der Waals surface area (Å²) < 4.78 is 6.20. The highest BCUT2D eigenvalue weighted by Gasteiger charge is 2.26. The third-order valence-corrected chi connectivity index (χ3v) is 5.68. The number of fused-ring (bicyclic) bond motifs is 1. The Balaban J connectivity index is 1.46. The monoisotopic (exact) mass is 355 g/mol. The van der Waals surface area contributed by atoms with Gasteiger partial charge in [0.15, 0.2) is 0 Å². The van der Waals surface area contributed by atoms with Crippen LogP contribution in [0.15, 0.2) is 24.3 Å². The highest BCUT2D eigenvalue weighted by atomic mass is 16.5. The Morgan fingerprint density at radius 2 is 1.96 bits per heavy atom. The number of hydrogen-bond acceptors (Lipinski definition) is 3. The summed E-state index contributed by atoms with van der Waals surface area (Å²) in [7, 11) is 0. The molecule has 1 amide bonds. The molecule has 2 aliphatic rings. The van der Waals surface area contributed by atoms with Crippen LogP contribution in [0.25, 0.3) is 10.9 Å². The Bertz CT molecular complexity index is 777. The molecule has 0 aliphatic carbocycles. The van der Waals surface area contributed by atoms with Crippen molar-refractivity contribution in [2.45, 2.75) is 51.7 Å². The molecule has 0 saturated carbocycles. The quantitative estimate of drug-likeness (QED) is 0.911. The van der Waals surface area contributed by atoms with Crippen molar-refractivity contribution in [3.05, 3.63) is 30.0 Å². The molecule has 5 nitrogen and oxygen atoms in total. The Kier molecular flexibility index (Phi) is 4.90. The molecule has 4 rings (SSSR count). The van der Waals surface area contributed by atoms with E-state index in [0.29, 0.717) is 11.7 Å². The van der Waals surface area contributed by atoms with Gasteiger partial charge in [0.05, 0.1) is 0 Å². The van der Waals surface area contributed by atoms with E-state index in [0.717, 1.165) is 62.1 Å². The molecule has 1 N–H and O–H groups in total. The smallest absolute Gasteiger partial charge is 0.270 e. The number of piperidine rings is 1. The average Bonchev–Trinajstić information content (AvgIpc) is 3.28. The number of amides is 1. The van der Waals surface area contributed by atoms with Crippen LogP contribution in [0.4, 0.5) is 0 Å². The summed E-state index contributed by atoms with van der Waals surface area (Å²) in [6.07, 6.45) is 4.77. The van der Waals surface area contributed by atoms with Crippen LogP contribution in [0.2, 0.25) is 0 Å². The lowest BCUT2D eigenvalue weighted by molar-refractivity contribution is 0.0719. The average molecular weight is 355 g/mol. The lowest BCUT2D eigenvalue weighted by Crippen LogP contribution is -2.35. The fourth-order valence-corrected chi connectivity index (χ4v) is 4.08. The zero-order valence-electron chi connectivity index (χ0n) is 15.8. The molecule has 2 fully saturated rings. The standard InChI is InChI=1S/C21H29N3O2/c1-15(2)24-11-8-18(14-24)26-17-6-7-19-16(12-17)13-20(22-19)21(25)23-9-4-3-5-10-23/h6-7,12-13,15,18,22H,3-5,8-11,14H2,1-2H3. The molecular weight excluding hydrogens is 326 g/mol. The van der Waals surface area contributed by atoms with Gasteiger partial charge < -0.3 is 14.6 Å². The van der Waals surface area contributed by atoms with Crippen LogP contribution in [-0.4, -0.2) is 59.0 Å². The second kappa shape index (κ2) is 7.31. The molecule has 140 valence electrons. The first-order chi connectivity index (χ1) is 12.6. The third kappa shape index (κ3) is 3.58. The van der Waals surface area contributed by atoms with E-state index in [2.05, 4.69) is 29.8 Å². The van der Waals surface area contributed by atoms with Gasteiger partial charge in [0.2, 0.25) is 0 Å². The molecule has 1 unspecified atom stereocenters. The molecule has 26 heavy (non-hydrogen) atoms. The van der Waals surface area contributed by atoms with E-state index in [9.17, 15) is 4.79 Å². The number of H-pyrrole nitrogens is 1. The van der Waals surface area contributed by atoms with Crippen LogP contribution in [0.3, 0.4) is 0 Å². The molecule has 2 aromatic rings. The Morgan fingerprint density at radius 1 is 1.15 bits per heavy atom. The number of hydrogen-bond donors (Lipinski definition) is 1. The van der Waals surface area contributed by atoms with Gasteiger partial charge in [0.1, 0.15) is 17.5 Å². The van der Waals surface area contributed by atoms with E-state index in [-0.39, 0.29) is 12.0 Å². The van der Waals surface area contributed by atoms with Crippen LogP contribution >= 0.6 is 0 Å². The van der Waals surface area contributed by atoms with Crippen LogP contribution in [0.5, 0.6) is 5.75 Å². The van der Waals surface area contributed by atoms with E-state index in [1.165, 1.54) is 6.42 Å². The van der Waals surface area contributed by atoms with Crippen LogP contribution in [0.1, 0.15) is 50.0 Å². The topological polar surface area (TPSA) is 48.6 Å². The minimum absolute atomic E-state index is 0.117. The molecule has 1 aromatic carbocycles. The molecule has 2 aliphatic heterocycles. The molecule has 1 atom stereocenters. The van der Waals surface area contributed by atoms with Crippen molar-refractivity contribution in [1.29, 1.82) is 0 Å². The van der Waals surface area contributed by atoms with Crippen molar-refractivity contribution in [3.8, 4) is 5.75 Å². The van der Waals surface area contributed by atoms with Crippen molar-refractivity contribution >= 4 is 16.8 Å². The van der Waals surface area contributed by atoms with Gasteiger partial charge in [-0.2, -0.15) is 0 Å². The van der Waals surface area contributed by atoms with Gasteiger partial charge in [-0.25, -0.2) is 0 Å². The van der Waals surface area contributed by atoms with E-state index in [4.69, 9.17) is 4.74 Å². The predicted octanol–water partition coefficient (Wildman–Crippen LogP) is 3.66. The van der Waals surface area contributed by atoms with Gasteiger partial charge in [-0.05, 0) is 63.8 Å². The van der Waals surface area contributed by atoms with Gasteiger partial charge in [-0.15, -0.1) is 0 Å². The number of ether oxygens (including phenoxy) is 1. The molecule has 5 heteroatoms. The molecule has 1 aromatic heterocycles. The maximum Gasteiger partial charge on any atom is 0.270 e. The van der Waals surface area contributed by atoms with Gasteiger partial charge in [-0.1, -0.05) is 0 Å². The van der Waals surface area contributed by atoms with E-state index in [1.54, 1.807) is 0 Å². The highest BCUT2D eigenvalue weighted by molar-refractivity contribution is 5.98. The number of rotatable bonds is 4. The predicted molar refractivity (Wildman–Crippen MR) is 104 cm³/mol. The number of benzene rings is 1. The SMILES string of the molecule is CC(C)N1CCC(Oc2ccc3[nH]c(C(=O)N4CCCCC4)cc3c2)C1. The van der Waals surface area contributed by atoms with E-state index < -0.39 is 0 Å². The summed E-state index contributed by atoms with van der Waals surface area (Å²) in [5.41, 5.74) is 1.68. The Labute approximate surface area is 155 Å². The van der Waals surface area contributed by atoms with Crippen LogP contribution in [0, 0.1) is 0 Å². The summed E-state index contributed by atoms with van der Waals surface area (Å²) in [6.45, 7) is 8.29. The van der Waals surface area contributed by atoms with Gasteiger partial charge >= 0.3 is 0 Å². The zero-order chi connectivity index (χ0) is 18.1. The fraction of sp³-hybridized carbons (Fsp3) is 0.571. The van der Waals surface area contributed by atoms with Crippen LogP contribution in [-0.2, 0) is 0 Å². The van der Waals surface area contributed by atoms with Gasteiger partial charge in [0, 0.05) is 43.1 Å². The minimum atomic E-state index is 0.117. The second-order valence-electron chi connectivity index (χ2n) is 7.90. The first kappa shape index (κ1) is 17.4. The molecular formula is C21H29N3O2. The Morgan fingerprint density at radius 3 is 2.69 bits per heavy atom. The Hall–Kier alpha value is -2.01. The minimum Gasteiger partial charge on any atom is -0.489 e. The fourth-order valence-electron chi connectivity index (χ4n) is 4.08. The summed E-state index contributed by atoms with van der Waals surface area (Å²) in [6, 6.07) is 8.61. The molecule has 2 saturated heterocycles. The number of nitrogens with zero attached hydrogens (tertiary/aromatic N) is 2. The highest BCUT2D eigenvalue weighted by Crippen LogP contribution is 2.25. The zero-order valence-corrected chi connectivity index (χ0v) is 15.8. The van der Waals surface area contributed by atoms with Crippen molar-refractivity contribution in [3.63, 3.8) is 0 Å². The van der Waals surface area contributed by atoms with Crippen molar-refractivity contribution in [2.24, 2.45) is 0 Å². The van der Waals surface area contributed by atoms with Crippen molar-refractivity contribution in [1.82, 2.24) is 14.8 Å². The normalized spacial score (nSPS) is 21.7. The number of carbonyl (C=O) groups excluding carboxylic acids is 1. The number of carbonyl (C=O) groups is 1. The lowest BCUT2D eigenvalue weighted by atomic mass is 10.1. The molecule has 0 spiro atoms. The van der Waals surface area contributed by atoms with Gasteiger partial charge in [-0.3, -0.25) is 9.69 Å². The van der Waals surface area contributed by atoms with E-state index in [1.807, 2.05) is 23.1 Å². The second-order valence-corrected chi connectivity index (χ2v) is 7.90. The maximum absolute atomic E-state index is 12.7. The maximum atomic E-state index is 12.7. The number of aromatic nitrogens is 1. The lowest BCUT2D eigenvalue weighted by Gasteiger charge is -2.26. The third-order valence-electron chi connectivity index (χ3n) is 5.68. The molecule has 3 heterocycles. The largest absolute Gasteiger partial charge is 0.489 e. The van der Waals surface area contributed by atoms with E-state index >= 15 is 0 Å². The first-order valence-corrected chi connectivity index (χ1v) is 9.93. The summed E-state index contributed by atoms with van der Waals surface area (Å²) in [5, 5.41) is 1.04. The number of nitrogens with one attached hydrogen (secondary N) is 1. The molecule has 0 bridgehead atoms. The summed E-state index contributed by atoms with van der Waals surface area (Å²) in [5.74, 6) is 1.01. The van der Waals surface area contributed by atoms with Crippen LogP contribution < -0.4 is 4.74 Å². The summed E-state index contributed by atoms with van der Waals surface area (Å²) in [4.78, 5) is 20.4. The van der Waals surface area contributed by atoms with Crippen molar-refractivity contribution in [2.75, 3.05) is 26.2 Å². The number of likely N-dealkylation sites (tertiary alicyclic amines) is 2. The van der Waals surface area contributed by atoms with Crippen molar-refractivity contribution < 1.29 is 9.53 Å².